The van der Waals surface area contributed by atoms with Crippen molar-refractivity contribution in [2.75, 3.05) is 29.9 Å². The number of nitrogens with one attached hydrogen (secondary N) is 1. The molecule has 4 heterocycles. The molecule has 10 heteroatoms. The van der Waals surface area contributed by atoms with Gasteiger partial charge in [-0.3, -0.25) is 4.90 Å². The van der Waals surface area contributed by atoms with Gasteiger partial charge in [0.05, 0.1) is 24.6 Å². The molecule has 190 valence electrons. The highest BCUT2D eigenvalue weighted by atomic mass is 19.1. The van der Waals surface area contributed by atoms with Gasteiger partial charge in [-0.05, 0) is 63.0 Å². The number of para-hydroxylation sites is 1. The normalized spacial score (nSPS) is 26.4. The zero-order valence-electron chi connectivity index (χ0n) is 20.2. The number of hydrogen-bond donors (Lipinski definition) is 1. The summed E-state index contributed by atoms with van der Waals surface area (Å²) in [5.74, 6) is 0.865. The van der Waals surface area contributed by atoms with Gasteiger partial charge in [-0.2, -0.15) is 10.2 Å². The molecule has 1 spiro atoms. The Labute approximate surface area is 209 Å². The molecule has 3 aliphatic rings. The van der Waals surface area contributed by atoms with Crippen LogP contribution in [0.4, 0.5) is 20.7 Å². The first-order chi connectivity index (χ1) is 17.6. The summed E-state index contributed by atoms with van der Waals surface area (Å²) in [5, 5.41) is 12.3. The number of hydrogen-bond acceptors (Lipinski definition) is 6. The van der Waals surface area contributed by atoms with Crippen molar-refractivity contribution in [1.82, 2.24) is 19.6 Å². The summed E-state index contributed by atoms with van der Waals surface area (Å²) in [6, 6.07) is 8.44. The standard InChI is InChI=1S/C26H31FN6O3/c27-21-5-1-2-6-22(21)32-13-10-23(30-32)28-15-19-8-11-26(12-9-19)18-31(25(34)36-26)20-16-29-33(17-20)24-7-3-4-14-35-24/h1-2,5-6,10,13,16-17,19,24H,3-4,7-9,11-12,14-15,18H2,(H,28,30)/t19-,24?,26-. The van der Waals surface area contributed by atoms with E-state index < -0.39 is 5.60 Å². The van der Waals surface area contributed by atoms with Crippen LogP contribution in [-0.4, -0.2) is 51.0 Å². The molecule has 1 amide bonds. The van der Waals surface area contributed by atoms with Gasteiger partial charge in [-0.25, -0.2) is 18.5 Å². The fourth-order valence-electron chi connectivity index (χ4n) is 5.49. The first-order valence-electron chi connectivity index (χ1n) is 12.8. The highest BCUT2D eigenvalue weighted by Gasteiger charge is 2.48. The fourth-order valence-corrected chi connectivity index (χ4v) is 5.49. The molecule has 0 radical (unpaired) electrons. The fraction of sp³-hybridized carbons (Fsp3) is 0.500. The van der Waals surface area contributed by atoms with E-state index in [1.807, 2.05) is 16.9 Å². The van der Waals surface area contributed by atoms with Crippen molar-refractivity contribution in [3.8, 4) is 5.69 Å². The predicted octanol–water partition coefficient (Wildman–Crippen LogP) is 4.90. The summed E-state index contributed by atoms with van der Waals surface area (Å²) in [6.45, 7) is 2.07. The van der Waals surface area contributed by atoms with Crippen molar-refractivity contribution in [3.63, 3.8) is 0 Å². The lowest BCUT2D eigenvalue weighted by Crippen LogP contribution is -2.39. The van der Waals surface area contributed by atoms with Crippen LogP contribution in [0.25, 0.3) is 5.69 Å². The van der Waals surface area contributed by atoms with Crippen LogP contribution in [0.1, 0.15) is 51.2 Å². The minimum atomic E-state index is -0.441. The molecule has 1 atom stereocenters. The maximum Gasteiger partial charge on any atom is 0.415 e. The Kier molecular flexibility index (Phi) is 6.12. The summed E-state index contributed by atoms with van der Waals surface area (Å²) >= 11 is 0. The van der Waals surface area contributed by atoms with Gasteiger partial charge in [0.25, 0.3) is 0 Å². The Morgan fingerprint density at radius 3 is 2.81 bits per heavy atom. The topological polar surface area (TPSA) is 86.4 Å². The van der Waals surface area contributed by atoms with Gasteiger partial charge < -0.3 is 14.8 Å². The van der Waals surface area contributed by atoms with E-state index >= 15 is 0 Å². The minimum Gasteiger partial charge on any atom is -0.441 e. The number of ether oxygens (including phenoxy) is 2. The van der Waals surface area contributed by atoms with Crippen molar-refractivity contribution in [3.05, 3.63) is 54.7 Å². The molecular formula is C26H31FN6O3. The third-order valence-electron chi connectivity index (χ3n) is 7.60. The smallest absolute Gasteiger partial charge is 0.415 e. The molecule has 1 saturated carbocycles. The van der Waals surface area contributed by atoms with Crippen LogP contribution in [0.3, 0.4) is 0 Å². The Hall–Kier alpha value is -3.40. The third kappa shape index (κ3) is 4.57. The summed E-state index contributed by atoms with van der Waals surface area (Å²) in [7, 11) is 0. The Morgan fingerprint density at radius 1 is 1.14 bits per heavy atom. The molecular weight excluding hydrogens is 463 g/mol. The molecule has 1 aromatic carbocycles. The lowest BCUT2D eigenvalue weighted by atomic mass is 9.78. The molecule has 1 N–H and O–H groups in total. The van der Waals surface area contributed by atoms with Gasteiger partial charge in [-0.15, -0.1) is 0 Å². The van der Waals surface area contributed by atoms with Crippen LogP contribution in [0.2, 0.25) is 0 Å². The van der Waals surface area contributed by atoms with Crippen LogP contribution in [-0.2, 0) is 9.47 Å². The number of halogens is 1. The van der Waals surface area contributed by atoms with Crippen molar-refractivity contribution >= 4 is 17.6 Å². The number of amides is 1. The molecule has 2 aliphatic heterocycles. The largest absolute Gasteiger partial charge is 0.441 e. The van der Waals surface area contributed by atoms with Gasteiger partial charge >= 0.3 is 6.09 Å². The van der Waals surface area contributed by atoms with E-state index in [2.05, 4.69) is 15.5 Å². The van der Waals surface area contributed by atoms with Gasteiger partial charge in [0, 0.05) is 25.4 Å². The summed E-state index contributed by atoms with van der Waals surface area (Å²) in [5.41, 5.74) is 0.749. The van der Waals surface area contributed by atoms with Crippen molar-refractivity contribution in [2.45, 2.75) is 56.8 Å². The van der Waals surface area contributed by atoms with Crippen LogP contribution in [0, 0.1) is 11.7 Å². The second-order valence-corrected chi connectivity index (χ2v) is 10.1. The van der Waals surface area contributed by atoms with Crippen LogP contribution < -0.4 is 10.2 Å². The zero-order chi connectivity index (χ0) is 24.5. The number of anilines is 2. The highest BCUT2D eigenvalue weighted by Crippen LogP contribution is 2.41. The van der Waals surface area contributed by atoms with Crippen molar-refractivity contribution in [1.29, 1.82) is 0 Å². The van der Waals surface area contributed by atoms with E-state index in [-0.39, 0.29) is 18.1 Å². The van der Waals surface area contributed by atoms with Crippen molar-refractivity contribution in [2.24, 2.45) is 5.92 Å². The van der Waals surface area contributed by atoms with Gasteiger partial charge in [-0.1, -0.05) is 12.1 Å². The van der Waals surface area contributed by atoms with Gasteiger partial charge in [0.2, 0.25) is 0 Å². The van der Waals surface area contributed by atoms with Crippen molar-refractivity contribution < 1.29 is 18.7 Å². The number of carbonyl (C=O) groups excluding carboxylic acids is 1. The molecule has 6 rings (SSSR count). The summed E-state index contributed by atoms with van der Waals surface area (Å²) < 4.78 is 29.1. The lowest BCUT2D eigenvalue weighted by molar-refractivity contribution is -0.0394. The summed E-state index contributed by atoms with van der Waals surface area (Å²) in [6.07, 6.45) is 11.7. The molecule has 3 aromatic rings. The monoisotopic (exact) mass is 494 g/mol. The maximum atomic E-state index is 14.0. The van der Waals surface area contributed by atoms with E-state index in [9.17, 15) is 9.18 Å². The van der Waals surface area contributed by atoms with E-state index in [0.717, 1.165) is 69.6 Å². The number of nitrogens with zero attached hydrogens (tertiary/aromatic N) is 5. The number of rotatable bonds is 6. The quantitative estimate of drug-likeness (QED) is 0.524. The third-order valence-corrected chi connectivity index (χ3v) is 7.60. The van der Waals surface area contributed by atoms with Crippen LogP contribution >= 0.6 is 0 Å². The molecule has 36 heavy (non-hydrogen) atoms. The highest BCUT2D eigenvalue weighted by molar-refractivity contribution is 5.90. The molecule has 1 aliphatic carbocycles. The zero-order valence-corrected chi connectivity index (χ0v) is 20.2. The second-order valence-electron chi connectivity index (χ2n) is 10.1. The molecule has 2 saturated heterocycles. The molecule has 2 aromatic heterocycles. The van der Waals surface area contributed by atoms with Crippen LogP contribution in [0.5, 0.6) is 0 Å². The Balaban J connectivity index is 1.02. The average molecular weight is 495 g/mol. The maximum absolute atomic E-state index is 14.0. The summed E-state index contributed by atoms with van der Waals surface area (Å²) in [4.78, 5) is 14.5. The SMILES string of the molecule is O=C1O[C@]2(CC[C@H](CNc3ccn(-c4ccccc4F)n3)CC2)CN1c1cnn(C2CCCCO2)c1. The van der Waals surface area contributed by atoms with Gasteiger partial charge in [0.15, 0.2) is 0 Å². The average Bonchev–Trinajstić information content (AvgIpc) is 3.64. The second kappa shape index (κ2) is 9.57. The lowest BCUT2D eigenvalue weighted by Gasteiger charge is -2.35. The molecule has 9 nitrogen and oxygen atoms in total. The minimum absolute atomic E-state index is 0.0545. The Bertz CT molecular complexity index is 1210. The first kappa shape index (κ1) is 23.0. The van der Waals surface area contributed by atoms with E-state index in [0.29, 0.717) is 18.2 Å². The number of benzene rings is 1. The molecule has 1 unspecified atom stereocenters. The van der Waals surface area contributed by atoms with Gasteiger partial charge in [0.1, 0.15) is 29.2 Å². The molecule has 3 fully saturated rings. The van der Waals surface area contributed by atoms with E-state index in [4.69, 9.17) is 9.47 Å². The van der Waals surface area contributed by atoms with E-state index in [1.165, 1.54) is 6.07 Å². The number of carbonyl (C=O) groups is 1. The number of aromatic nitrogens is 4. The van der Waals surface area contributed by atoms with E-state index in [1.54, 1.807) is 40.2 Å². The predicted molar refractivity (Wildman–Crippen MR) is 132 cm³/mol. The van der Waals surface area contributed by atoms with Crippen LogP contribution in [0.15, 0.2) is 48.9 Å². The first-order valence-corrected chi connectivity index (χ1v) is 12.8. The molecule has 0 bridgehead atoms. The Morgan fingerprint density at radius 2 is 2.00 bits per heavy atom.